The van der Waals surface area contributed by atoms with Crippen LogP contribution in [0.5, 0.6) is 0 Å². The summed E-state index contributed by atoms with van der Waals surface area (Å²) in [7, 11) is 3.06. The minimum atomic E-state index is -1.60. The molecular weight excluding hydrogens is 536 g/mol. The number of methoxy groups -OCH3 is 2. The second kappa shape index (κ2) is 12.4. The van der Waals surface area contributed by atoms with Crippen LogP contribution >= 0.6 is 0 Å². The summed E-state index contributed by atoms with van der Waals surface area (Å²) >= 11 is 0. The van der Waals surface area contributed by atoms with Crippen molar-refractivity contribution in [2.45, 2.75) is 56.1 Å². The lowest BCUT2D eigenvalue weighted by Gasteiger charge is -2.60. The first-order valence-corrected chi connectivity index (χ1v) is 13.8. The van der Waals surface area contributed by atoms with Crippen molar-refractivity contribution in [2.24, 2.45) is 5.92 Å². The molecule has 2 heterocycles. The van der Waals surface area contributed by atoms with Gasteiger partial charge >= 0.3 is 5.97 Å². The Labute approximate surface area is 239 Å². The zero-order valence-corrected chi connectivity index (χ0v) is 23.7. The summed E-state index contributed by atoms with van der Waals surface area (Å²) in [5.41, 5.74) is 3.18. The fourth-order valence-corrected chi connectivity index (χ4v) is 5.98. The lowest BCUT2D eigenvalue weighted by atomic mass is 9.75. The van der Waals surface area contributed by atoms with Crippen LogP contribution in [0.1, 0.15) is 25.0 Å². The maximum absolute atomic E-state index is 11.4. The third kappa shape index (κ3) is 5.20. The standard InChI is InChI=1S/C30H38O11/c1-18(2)15-36-16-23-25-26(27(37-14-13-31)28(39-23)38-17-24(32)33)41-30(35-4)22-12-8-6-10-20(22)19-9-5-7-11-21(19)29(30,34-3)40-25/h5-12,18,23,25-28,31H,13-17H2,1-4H3,(H,32,33)/t23-,25-,26+,27+,28+,29+,30+/m1/s1. The van der Waals surface area contributed by atoms with Crippen molar-refractivity contribution in [3.63, 3.8) is 0 Å². The van der Waals surface area contributed by atoms with Crippen LogP contribution in [-0.4, -0.2) is 94.1 Å². The van der Waals surface area contributed by atoms with E-state index in [0.717, 1.165) is 11.1 Å². The van der Waals surface area contributed by atoms with Crippen molar-refractivity contribution in [2.75, 3.05) is 47.3 Å². The zero-order valence-electron chi connectivity index (χ0n) is 23.7. The molecule has 0 aromatic heterocycles. The van der Waals surface area contributed by atoms with Crippen LogP contribution in [0.15, 0.2) is 48.5 Å². The van der Waals surface area contributed by atoms with Gasteiger partial charge in [-0.2, -0.15) is 0 Å². The summed E-state index contributed by atoms with van der Waals surface area (Å²) in [4.78, 5) is 11.4. The molecule has 2 aromatic carbocycles. The number of benzene rings is 2. The van der Waals surface area contributed by atoms with E-state index in [1.807, 2.05) is 62.4 Å². The van der Waals surface area contributed by atoms with Crippen LogP contribution in [0.3, 0.4) is 0 Å². The number of aliphatic hydroxyl groups is 1. The molecular formula is C30H38O11. The van der Waals surface area contributed by atoms with Crippen LogP contribution in [0.25, 0.3) is 11.1 Å². The first kappa shape index (κ1) is 30.0. The molecule has 2 fully saturated rings. The SMILES string of the molecule is CO[C@@]12O[C@@H]3[C@H](OCCO)[C@@H](OCC(=O)O)O[C@H](COCC(C)C)[C@H]3O[C@@]1(OC)c1ccccc1-c1ccccc12. The molecule has 0 unspecified atom stereocenters. The van der Waals surface area contributed by atoms with Crippen molar-refractivity contribution in [3.8, 4) is 11.1 Å². The van der Waals surface area contributed by atoms with E-state index in [9.17, 15) is 15.0 Å². The van der Waals surface area contributed by atoms with Gasteiger partial charge in [0.1, 0.15) is 31.0 Å². The van der Waals surface area contributed by atoms with Gasteiger partial charge in [0.2, 0.25) is 0 Å². The van der Waals surface area contributed by atoms with E-state index in [-0.39, 0.29) is 25.7 Å². The third-order valence-corrected chi connectivity index (χ3v) is 7.56. The minimum absolute atomic E-state index is 0.0725. The quantitative estimate of drug-likeness (QED) is 0.388. The second-order valence-electron chi connectivity index (χ2n) is 10.6. The first-order valence-electron chi connectivity index (χ1n) is 13.8. The first-order chi connectivity index (χ1) is 19.8. The van der Waals surface area contributed by atoms with E-state index in [0.29, 0.717) is 17.7 Å². The Bertz CT molecular complexity index is 1200. The average Bonchev–Trinajstić information content (AvgIpc) is 2.98. The largest absolute Gasteiger partial charge is 0.480 e. The molecule has 2 saturated heterocycles. The Morgan fingerprint density at radius 3 is 2.05 bits per heavy atom. The Morgan fingerprint density at radius 2 is 1.51 bits per heavy atom. The number of hydrogen-bond acceptors (Lipinski definition) is 10. The fourth-order valence-electron chi connectivity index (χ4n) is 5.98. The Balaban J connectivity index is 1.64. The Hall–Kier alpha value is -2.45. The van der Waals surface area contributed by atoms with Crippen LogP contribution in [0, 0.1) is 5.92 Å². The van der Waals surface area contributed by atoms with Gasteiger partial charge in [0.25, 0.3) is 11.6 Å². The molecule has 5 rings (SSSR count). The number of carboxylic acids is 1. The number of aliphatic carboxylic acids is 1. The number of fused-ring (bicyclic) bond motifs is 7. The zero-order chi connectivity index (χ0) is 29.2. The normalized spacial score (nSPS) is 32.1. The van der Waals surface area contributed by atoms with Gasteiger partial charge in [-0.05, 0) is 17.0 Å². The average molecular weight is 575 g/mol. The van der Waals surface area contributed by atoms with Gasteiger partial charge in [-0.15, -0.1) is 0 Å². The van der Waals surface area contributed by atoms with E-state index in [1.54, 1.807) is 0 Å². The number of aliphatic hydroxyl groups excluding tert-OH is 1. The molecule has 41 heavy (non-hydrogen) atoms. The summed E-state index contributed by atoms with van der Waals surface area (Å²) in [6, 6.07) is 15.4. The van der Waals surface area contributed by atoms with E-state index in [1.165, 1.54) is 14.2 Å². The highest BCUT2D eigenvalue weighted by molar-refractivity contribution is 5.76. The van der Waals surface area contributed by atoms with Crippen LogP contribution < -0.4 is 0 Å². The molecule has 0 bridgehead atoms. The summed E-state index contributed by atoms with van der Waals surface area (Å²) < 4.78 is 50.4. The van der Waals surface area contributed by atoms with Gasteiger partial charge in [-0.3, -0.25) is 0 Å². The lowest BCUT2D eigenvalue weighted by molar-refractivity contribution is -0.506. The van der Waals surface area contributed by atoms with E-state index < -0.39 is 54.9 Å². The monoisotopic (exact) mass is 574 g/mol. The van der Waals surface area contributed by atoms with Gasteiger partial charge in [-0.1, -0.05) is 62.4 Å². The maximum Gasteiger partial charge on any atom is 0.329 e. The molecule has 2 aromatic rings. The number of carbonyl (C=O) groups is 1. The molecule has 0 saturated carbocycles. The summed E-state index contributed by atoms with van der Waals surface area (Å²) in [5, 5.41) is 18.9. The fraction of sp³-hybridized carbons (Fsp3) is 0.567. The topological polar surface area (TPSA) is 131 Å². The Kier molecular flexibility index (Phi) is 9.10. The lowest BCUT2D eigenvalue weighted by Crippen LogP contribution is -2.73. The van der Waals surface area contributed by atoms with Crippen molar-refractivity contribution in [1.82, 2.24) is 0 Å². The summed E-state index contributed by atoms with van der Waals surface area (Å²) in [6.45, 7) is 3.66. The van der Waals surface area contributed by atoms with E-state index in [2.05, 4.69) is 0 Å². The van der Waals surface area contributed by atoms with Crippen LogP contribution in [0.4, 0.5) is 0 Å². The van der Waals surface area contributed by atoms with Crippen molar-refractivity contribution in [3.05, 3.63) is 59.7 Å². The molecule has 0 amide bonds. The third-order valence-electron chi connectivity index (χ3n) is 7.56. The van der Waals surface area contributed by atoms with Gasteiger partial charge < -0.3 is 48.1 Å². The molecule has 3 aliphatic rings. The molecule has 11 nitrogen and oxygen atoms in total. The highest BCUT2D eigenvalue weighted by atomic mass is 16.8. The predicted octanol–water partition coefficient (Wildman–Crippen LogP) is 2.63. The molecule has 224 valence electrons. The summed E-state index contributed by atoms with van der Waals surface area (Å²) in [6.07, 6.45) is -4.62. The molecule has 2 N–H and O–H groups in total. The molecule has 7 atom stereocenters. The van der Waals surface area contributed by atoms with Crippen LogP contribution in [0.2, 0.25) is 0 Å². The molecule has 2 aliphatic heterocycles. The molecule has 0 radical (unpaired) electrons. The van der Waals surface area contributed by atoms with E-state index >= 15 is 0 Å². The van der Waals surface area contributed by atoms with Gasteiger partial charge in [0.05, 0.1) is 19.8 Å². The highest BCUT2D eigenvalue weighted by Gasteiger charge is 2.70. The summed E-state index contributed by atoms with van der Waals surface area (Å²) in [5.74, 6) is -4.07. The second-order valence-corrected chi connectivity index (χ2v) is 10.6. The van der Waals surface area contributed by atoms with Crippen molar-refractivity contribution >= 4 is 5.97 Å². The van der Waals surface area contributed by atoms with Crippen LogP contribution in [-0.2, 0) is 54.3 Å². The number of carboxylic acid groups (broad SMARTS) is 1. The van der Waals surface area contributed by atoms with E-state index in [4.69, 9.17) is 37.9 Å². The Morgan fingerprint density at radius 1 is 0.927 bits per heavy atom. The van der Waals surface area contributed by atoms with Crippen molar-refractivity contribution in [1.29, 1.82) is 0 Å². The van der Waals surface area contributed by atoms with Gasteiger partial charge in [-0.25, -0.2) is 4.79 Å². The molecule has 1 aliphatic carbocycles. The molecule has 11 heteroatoms. The smallest absolute Gasteiger partial charge is 0.329 e. The highest BCUT2D eigenvalue weighted by Crippen LogP contribution is 2.60. The number of hydrogen-bond donors (Lipinski definition) is 2. The number of ether oxygens (including phenoxy) is 8. The minimum Gasteiger partial charge on any atom is -0.480 e. The molecule has 0 spiro atoms. The van der Waals surface area contributed by atoms with Gasteiger partial charge in [0.15, 0.2) is 6.29 Å². The predicted molar refractivity (Wildman–Crippen MR) is 144 cm³/mol. The van der Waals surface area contributed by atoms with Crippen molar-refractivity contribution < 1.29 is 52.9 Å². The maximum atomic E-state index is 11.4. The number of rotatable bonds is 12. The van der Waals surface area contributed by atoms with Gasteiger partial charge in [0, 0.05) is 32.0 Å².